The van der Waals surface area contributed by atoms with E-state index in [0.29, 0.717) is 6.42 Å². The summed E-state index contributed by atoms with van der Waals surface area (Å²) in [4.78, 5) is 12.2. The lowest BCUT2D eigenvalue weighted by atomic mass is 9.48. The number of rotatable bonds is 3. The van der Waals surface area contributed by atoms with Crippen molar-refractivity contribution in [2.24, 2.45) is 23.2 Å². The normalized spacial score (nSPS) is 41.8. The third kappa shape index (κ3) is 2.49. The Hall–Kier alpha value is -0.920. The number of carbonyl (C=O) groups is 1. The number of alkyl halides is 5. The Labute approximate surface area is 123 Å². The van der Waals surface area contributed by atoms with Crippen LogP contribution in [0.25, 0.3) is 0 Å². The summed E-state index contributed by atoms with van der Waals surface area (Å²) in [6, 6.07) is 0. The first-order chi connectivity index (χ1) is 10.1. The van der Waals surface area contributed by atoms with Crippen molar-refractivity contribution >= 4 is 5.97 Å². The third-order valence-corrected chi connectivity index (χ3v) is 5.44. The summed E-state index contributed by atoms with van der Waals surface area (Å²) in [5.41, 5.74) is -1.13. The Balaban J connectivity index is 1.78. The van der Waals surface area contributed by atoms with Crippen LogP contribution in [0.4, 0.5) is 22.0 Å². The Bertz CT molecular complexity index is 448. The van der Waals surface area contributed by atoms with Crippen LogP contribution in [0.1, 0.15) is 32.1 Å². The van der Waals surface area contributed by atoms with Gasteiger partial charge in [0.25, 0.3) is 12.5 Å². The SMILES string of the molecule is O=C(OC(C(F)F)C(F)(F)F)C12CC3CC(C1)C(O)C(C3)C2. The molecule has 0 saturated heterocycles. The van der Waals surface area contributed by atoms with E-state index in [1.807, 2.05) is 0 Å². The van der Waals surface area contributed by atoms with Crippen LogP contribution in [0.2, 0.25) is 0 Å². The van der Waals surface area contributed by atoms with Crippen molar-refractivity contribution < 1.29 is 36.6 Å². The van der Waals surface area contributed by atoms with Crippen molar-refractivity contribution in [1.82, 2.24) is 0 Å². The highest BCUT2D eigenvalue weighted by Gasteiger charge is 2.60. The average molecular weight is 328 g/mol. The zero-order chi connectivity index (χ0) is 16.3. The van der Waals surface area contributed by atoms with Crippen molar-refractivity contribution in [3.05, 3.63) is 0 Å². The number of aliphatic hydroxyl groups excluding tert-OH is 1. The van der Waals surface area contributed by atoms with Gasteiger partial charge in [-0.2, -0.15) is 13.2 Å². The Morgan fingerprint density at radius 2 is 1.68 bits per heavy atom. The lowest BCUT2D eigenvalue weighted by Crippen LogP contribution is -2.57. The van der Waals surface area contributed by atoms with E-state index >= 15 is 0 Å². The molecule has 0 aromatic rings. The first kappa shape index (κ1) is 16.0. The van der Waals surface area contributed by atoms with E-state index in [4.69, 9.17) is 0 Å². The van der Waals surface area contributed by atoms with Crippen LogP contribution < -0.4 is 0 Å². The molecule has 4 aliphatic rings. The average Bonchev–Trinajstić information content (AvgIpc) is 2.39. The largest absolute Gasteiger partial charge is 0.446 e. The molecule has 8 heteroatoms. The first-order valence-corrected chi connectivity index (χ1v) is 7.36. The molecule has 0 spiro atoms. The molecule has 0 aromatic heterocycles. The summed E-state index contributed by atoms with van der Waals surface area (Å²) in [6.07, 6.45) is -10.7. The Kier molecular flexibility index (Phi) is 3.66. The van der Waals surface area contributed by atoms with Gasteiger partial charge in [-0.15, -0.1) is 0 Å². The van der Waals surface area contributed by atoms with Crippen molar-refractivity contribution in [1.29, 1.82) is 0 Å². The van der Waals surface area contributed by atoms with Gasteiger partial charge in [0.05, 0.1) is 11.5 Å². The fraction of sp³-hybridized carbons (Fsp3) is 0.929. The van der Waals surface area contributed by atoms with Crippen LogP contribution in [0, 0.1) is 23.2 Å². The number of carbonyl (C=O) groups excluding carboxylic acids is 1. The molecule has 0 aliphatic heterocycles. The second-order valence-corrected chi connectivity index (χ2v) is 6.94. The summed E-state index contributed by atoms with van der Waals surface area (Å²) < 4.78 is 67.0. The van der Waals surface area contributed by atoms with Crippen molar-refractivity contribution in [2.75, 3.05) is 0 Å². The van der Waals surface area contributed by atoms with E-state index in [9.17, 15) is 31.9 Å². The molecule has 3 unspecified atom stereocenters. The van der Waals surface area contributed by atoms with Crippen molar-refractivity contribution in [2.45, 2.75) is 56.9 Å². The highest BCUT2D eigenvalue weighted by atomic mass is 19.4. The lowest BCUT2D eigenvalue weighted by Gasteiger charge is -2.57. The molecule has 4 bridgehead atoms. The molecule has 0 heterocycles. The number of ether oxygens (including phenoxy) is 1. The summed E-state index contributed by atoms with van der Waals surface area (Å²) in [7, 11) is 0. The molecule has 0 aromatic carbocycles. The lowest BCUT2D eigenvalue weighted by molar-refractivity contribution is -0.258. The molecule has 3 atom stereocenters. The molecule has 3 nitrogen and oxygen atoms in total. The van der Waals surface area contributed by atoms with Crippen LogP contribution in [-0.2, 0) is 9.53 Å². The number of aliphatic hydroxyl groups is 1. The molecule has 22 heavy (non-hydrogen) atoms. The van der Waals surface area contributed by atoms with E-state index in [-0.39, 0.29) is 30.6 Å². The highest BCUT2D eigenvalue weighted by Crippen LogP contribution is 2.60. The number of hydrogen-bond acceptors (Lipinski definition) is 3. The van der Waals surface area contributed by atoms with Crippen LogP contribution in [-0.4, -0.2) is 35.9 Å². The van der Waals surface area contributed by atoms with Gasteiger partial charge in [0.1, 0.15) is 0 Å². The van der Waals surface area contributed by atoms with Gasteiger partial charge in [-0.05, 0) is 49.9 Å². The third-order valence-electron chi connectivity index (χ3n) is 5.44. The monoisotopic (exact) mass is 328 g/mol. The summed E-state index contributed by atoms with van der Waals surface area (Å²) >= 11 is 0. The summed E-state index contributed by atoms with van der Waals surface area (Å²) in [5, 5.41) is 10.1. The van der Waals surface area contributed by atoms with Gasteiger partial charge in [0.15, 0.2) is 0 Å². The maximum Gasteiger partial charge on any atom is 0.431 e. The standard InChI is InChI=1S/C14H17F5O3/c15-11(16)10(14(17,18)19)22-12(21)13-3-6-1-7(4-13)9(20)8(2-6)5-13/h6-11,20H,1-5H2. The van der Waals surface area contributed by atoms with Crippen LogP contribution >= 0.6 is 0 Å². The summed E-state index contributed by atoms with van der Waals surface area (Å²) in [5.74, 6) is -1.31. The van der Waals surface area contributed by atoms with Gasteiger partial charge < -0.3 is 9.84 Å². The zero-order valence-electron chi connectivity index (χ0n) is 11.7. The topological polar surface area (TPSA) is 46.5 Å². The van der Waals surface area contributed by atoms with Gasteiger partial charge in [0.2, 0.25) is 0 Å². The molecule has 4 aliphatic carbocycles. The quantitative estimate of drug-likeness (QED) is 0.640. The fourth-order valence-corrected chi connectivity index (χ4v) is 4.75. The smallest absolute Gasteiger partial charge is 0.431 e. The first-order valence-electron chi connectivity index (χ1n) is 7.36. The van der Waals surface area contributed by atoms with Crippen molar-refractivity contribution in [3.63, 3.8) is 0 Å². The Morgan fingerprint density at radius 3 is 2.14 bits per heavy atom. The van der Waals surface area contributed by atoms with Gasteiger partial charge in [-0.25, -0.2) is 8.78 Å². The van der Waals surface area contributed by atoms with E-state index in [0.717, 1.165) is 12.8 Å². The van der Waals surface area contributed by atoms with Crippen molar-refractivity contribution in [3.8, 4) is 0 Å². The van der Waals surface area contributed by atoms with Gasteiger partial charge >= 0.3 is 12.1 Å². The molecule has 4 rings (SSSR count). The highest BCUT2D eigenvalue weighted by molar-refractivity contribution is 5.78. The minimum absolute atomic E-state index is 0.144. The maximum atomic E-state index is 12.6. The number of esters is 1. The Morgan fingerprint density at radius 1 is 1.14 bits per heavy atom. The van der Waals surface area contributed by atoms with E-state index in [1.165, 1.54) is 0 Å². The number of halogens is 5. The van der Waals surface area contributed by atoms with Crippen LogP contribution in [0.5, 0.6) is 0 Å². The molecule has 4 fully saturated rings. The van der Waals surface area contributed by atoms with Crippen LogP contribution in [0.3, 0.4) is 0 Å². The van der Waals surface area contributed by atoms with Crippen LogP contribution in [0.15, 0.2) is 0 Å². The van der Waals surface area contributed by atoms with E-state index in [1.54, 1.807) is 0 Å². The summed E-state index contributed by atoms with van der Waals surface area (Å²) in [6.45, 7) is 0. The van der Waals surface area contributed by atoms with Gasteiger partial charge in [0, 0.05) is 0 Å². The predicted octanol–water partition coefficient (Wildman–Crippen LogP) is 2.91. The molecular weight excluding hydrogens is 311 g/mol. The number of hydrogen-bond donors (Lipinski definition) is 1. The molecule has 1 N–H and O–H groups in total. The van der Waals surface area contributed by atoms with Gasteiger partial charge in [-0.3, -0.25) is 4.79 Å². The molecular formula is C14H17F5O3. The molecule has 0 radical (unpaired) electrons. The van der Waals surface area contributed by atoms with Gasteiger partial charge in [-0.1, -0.05) is 0 Å². The fourth-order valence-electron chi connectivity index (χ4n) is 4.75. The maximum absolute atomic E-state index is 12.6. The zero-order valence-corrected chi connectivity index (χ0v) is 11.7. The second kappa shape index (κ2) is 5.04. The second-order valence-electron chi connectivity index (χ2n) is 6.94. The van der Waals surface area contributed by atoms with E-state index in [2.05, 4.69) is 4.74 Å². The minimum atomic E-state index is -5.29. The molecule has 4 saturated carbocycles. The van der Waals surface area contributed by atoms with E-state index < -0.39 is 36.2 Å². The minimum Gasteiger partial charge on any atom is -0.446 e. The molecule has 126 valence electrons. The molecule has 0 amide bonds. The predicted molar refractivity (Wildman–Crippen MR) is 63.9 cm³/mol.